The number of nitrogens with one attached hydrogen (secondary N) is 1. The summed E-state index contributed by atoms with van der Waals surface area (Å²) in [5.74, 6) is 0. The maximum Gasteiger partial charge on any atom is 0.0204 e. The van der Waals surface area contributed by atoms with Gasteiger partial charge in [0.1, 0.15) is 0 Å². The van der Waals surface area contributed by atoms with Crippen LogP contribution in [0.25, 0.3) is 0 Å². The number of nitrogens with zero attached hydrogens (tertiary/aromatic N) is 1. The summed E-state index contributed by atoms with van der Waals surface area (Å²) in [6.45, 7) is 7.46. The molecule has 1 saturated carbocycles. The Bertz CT molecular complexity index is 200. The van der Waals surface area contributed by atoms with Crippen molar-refractivity contribution in [2.45, 2.75) is 51.6 Å². The average molecular weight is 196 g/mol. The number of likely N-dealkylation sites (N-methyl/N-ethyl adjacent to an activating group) is 1. The first-order valence-corrected chi connectivity index (χ1v) is 6.05. The highest BCUT2D eigenvalue weighted by molar-refractivity contribution is 4.95. The molecule has 1 heterocycles. The van der Waals surface area contributed by atoms with E-state index in [1.807, 2.05) is 0 Å². The monoisotopic (exact) mass is 196 g/mol. The van der Waals surface area contributed by atoms with Gasteiger partial charge < -0.3 is 5.32 Å². The van der Waals surface area contributed by atoms with Crippen molar-refractivity contribution >= 4 is 0 Å². The molecule has 0 aromatic heterocycles. The Morgan fingerprint density at radius 3 is 2.57 bits per heavy atom. The van der Waals surface area contributed by atoms with Crippen molar-refractivity contribution in [1.82, 2.24) is 10.2 Å². The van der Waals surface area contributed by atoms with E-state index in [-0.39, 0.29) is 0 Å². The summed E-state index contributed by atoms with van der Waals surface area (Å²) in [4.78, 5) is 2.72. The lowest BCUT2D eigenvalue weighted by atomic mass is 9.86. The summed E-state index contributed by atoms with van der Waals surface area (Å²) in [7, 11) is 2.09. The Morgan fingerprint density at radius 1 is 1.29 bits per heavy atom. The zero-order valence-corrected chi connectivity index (χ0v) is 9.84. The van der Waals surface area contributed by atoms with E-state index < -0.39 is 0 Å². The maximum atomic E-state index is 3.40. The standard InChI is InChI=1S/C12H24N2/c1-12(2)7-4-5-11(12)14-8-6-10(9-14)13-3/h10-11,13H,4-9H2,1-3H3. The summed E-state index contributed by atoms with van der Waals surface area (Å²) in [5, 5.41) is 3.40. The van der Waals surface area contributed by atoms with Crippen LogP contribution in [0.2, 0.25) is 0 Å². The summed E-state index contributed by atoms with van der Waals surface area (Å²) in [6.07, 6.45) is 5.60. The van der Waals surface area contributed by atoms with Gasteiger partial charge in [-0.15, -0.1) is 0 Å². The summed E-state index contributed by atoms with van der Waals surface area (Å²) >= 11 is 0. The minimum absolute atomic E-state index is 0.558. The number of likely N-dealkylation sites (tertiary alicyclic amines) is 1. The molecule has 14 heavy (non-hydrogen) atoms. The van der Waals surface area contributed by atoms with Crippen molar-refractivity contribution in [3.8, 4) is 0 Å². The minimum Gasteiger partial charge on any atom is -0.316 e. The predicted octanol–water partition coefficient (Wildman–Crippen LogP) is 1.86. The molecule has 0 aromatic rings. The van der Waals surface area contributed by atoms with E-state index in [0.717, 1.165) is 12.1 Å². The first-order chi connectivity index (χ1) is 6.63. The van der Waals surface area contributed by atoms with Crippen LogP contribution in [-0.4, -0.2) is 37.1 Å². The first kappa shape index (κ1) is 10.4. The van der Waals surface area contributed by atoms with Crippen LogP contribution in [0.3, 0.4) is 0 Å². The van der Waals surface area contributed by atoms with Crippen molar-refractivity contribution in [2.24, 2.45) is 5.41 Å². The van der Waals surface area contributed by atoms with Gasteiger partial charge in [0.25, 0.3) is 0 Å². The van der Waals surface area contributed by atoms with Crippen LogP contribution >= 0.6 is 0 Å². The van der Waals surface area contributed by atoms with E-state index in [1.54, 1.807) is 0 Å². The normalized spacial score (nSPS) is 37.9. The zero-order chi connectivity index (χ0) is 10.2. The Labute approximate surface area is 88.1 Å². The van der Waals surface area contributed by atoms with Gasteiger partial charge in [-0.05, 0) is 31.7 Å². The van der Waals surface area contributed by atoms with Crippen LogP contribution in [-0.2, 0) is 0 Å². The maximum absolute atomic E-state index is 3.40. The van der Waals surface area contributed by atoms with Crippen molar-refractivity contribution < 1.29 is 0 Å². The van der Waals surface area contributed by atoms with Crippen molar-refractivity contribution in [3.05, 3.63) is 0 Å². The molecule has 1 aliphatic heterocycles. The van der Waals surface area contributed by atoms with Crippen molar-refractivity contribution in [1.29, 1.82) is 0 Å². The van der Waals surface area contributed by atoms with E-state index in [0.29, 0.717) is 5.41 Å². The first-order valence-electron chi connectivity index (χ1n) is 6.05. The van der Waals surface area contributed by atoms with Crippen LogP contribution in [0.5, 0.6) is 0 Å². The Morgan fingerprint density at radius 2 is 2.07 bits per heavy atom. The quantitative estimate of drug-likeness (QED) is 0.725. The van der Waals surface area contributed by atoms with Gasteiger partial charge in [-0.1, -0.05) is 20.3 Å². The number of hydrogen-bond acceptors (Lipinski definition) is 2. The van der Waals surface area contributed by atoms with E-state index in [1.165, 1.54) is 38.8 Å². The summed E-state index contributed by atoms with van der Waals surface area (Å²) in [5.41, 5.74) is 0.558. The smallest absolute Gasteiger partial charge is 0.0204 e. The predicted molar refractivity (Wildman–Crippen MR) is 60.5 cm³/mol. The molecule has 1 saturated heterocycles. The number of rotatable bonds is 2. The van der Waals surface area contributed by atoms with E-state index >= 15 is 0 Å². The molecule has 2 nitrogen and oxygen atoms in total. The number of hydrogen-bond donors (Lipinski definition) is 1. The van der Waals surface area contributed by atoms with E-state index in [9.17, 15) is 0 Å². The lowest BCUT2D eigenvalue weighted by Crippen LogP contribution is -2.42. The zero-order valence-electron chi connectivity index (χ0n) is 9.84. The highest BCUT2D eigenvalue weighted by Gasteiger charge is 2.40. The molecule has 2 heteroatoms. The highest BCUT2D eigenvalue weighted by atomic mass is 15.2. The molecule has 0 amide bonds. The molecular weight excluding hydrogens is 172 g/mol. The fraction of sp³-hybridized carbons (Fsp3) is 1.00. The molecule has 2 rings (SSSR count). The van der Waals surface area contributed by atoms with Gasteiger partial charge in [0, 0.05) is 25.2 Å². The van der Waals surface area contributed by atoms with E-state index in [2.05, 4.69) is 31.1 Å². The molecule has 0 spiro atoms. The van der Waals surface area contributed by atoms with Crippen LogP contribution in [0.4, 0.5) is 0 Å². The molecule has 1 N–H and O–H groups in total. The third-order valence-corrected chi connectivity index (χ3v) is 4.27. The molecule has 2 fully saturated rings. The van der Waals surface area contributed by atoms with Gasteiger partial charge >= 0.3 is 0 Å². The average Bonchev–Trinajstić information content (AvgIpc) is 2.70. The summed E-state index contributed by atoms with van der Waals surface area (Å²) < 4.78 is 0. The Kier molecular flexibility index (Phi) is 2.85. The molecule has 1 aliphatic carbocycles. The van der Waals surface area contributed by atoms with E-state index in [4.69, 9.17) is 0 Å². The fourth-order valence-electron chi connectivity index (χ4n) is 3.29. The third kappa shape index (κ3) is 1.82. The van der Waals surface area contributed by atoms with Gasteiger partial charge in [-0.3, -0.25) is 4.90 Å². The SMILES string of the molecule is CNC1CCN(C2CCCC2(C)C)C1. The van der Waals surface area contributed by atoms with Gasteiger partial charge in [0.15, 0.2) is 0 Å². The highest BCUT2D eigenvalue weighted by Crippen LogP contribution is 2.41. The van der Waals surface area contributed by atoms with Crippen LogP contribution < -0.4 is 5.32 Å². The lowest BCUT2D eigenvalue weighted by molar-refractivity contribution is 0.137. The summed E-state index contributed by atoms with van der Waals surface area (Å²) in [6, 6.07) is 1.59. The van der Waals surface area contributed by atoms with Gasteiger partial charge in [-0.2, -0.15) is 0 Å². The molecular formula is C12H24N2. The molecule has 2 unspecified atom stereocenters. The fourth-order valence-corrected chi connectivity index (χ4v) is 3.29. The molecule has 2 aliphatic rings. The van der Waals surface area contributed by atoms with Crippen LogP contribution in [0, 0.1) is 5.41 Å². The topological polar surface area (TPSA) is 15.3 Å². The lowest BCUT2D eigenvalue weighted by Gasteiger charge is -2.35. The molecule has 0 radical (unpaired) electrons. The molecule has 0 aromatic carbocycles. The van der Waals surface area contributed by atoms with Crippen molar-refractivity contribution in [2.75, 3.05) is 20.1 Å². The Balaban J connectivity index is 1.96. The second-order valence-corrected chi connectivity index (χ2v) is 5.67. The minimum atomic E-state index is 0.558. The van der Waals surface area contributed by atoms with Crippen LogP contribution in [0.1, 0.15) is 39.5 Å². The molecule has 2 atom stereocenters. The Hall–Kier alpha value is -0.0800. The van der Waals surface area contributed by atoms with Gasteiger partial charge in [0.05, 0.1) is 0 Å². The van der Waals surface area contributed by atoms with Gasteiger partial charge in [-0.25, -0.2) is 0 Å². The van der Waals surface area contributed by atoms with Gasteiger partial charge in [0.2, 0.25) is 0 Å². The third-order valence-electron chi connectivity index (χ3n) is 4.27. The second-order valence-electron chi connectivity index (χ2n) is 5.67. The van der Waals surface area contributed by atoms with Crippen molar-refractivity contribution in [3.63, 3.8) is 0 Å². The molecule has 82 valence electrons. The largest absolute Gasteiger partial charge is 0.316 e. The second kappa shape index (κ2) is 3.82. The van der Waals surface area contributed by atoms with Crippen LogP contribution in [0.15, 0.2) is 0 Å². The molecule has 0 bridgehead atoms.